The number of nitrogens with zero attached hydrogens (tertiary/aromatic N) is 2. The fourth-order valence-corrected chi connectivity index (χ4v) is 2.34. The molecule has 2 aromatic rings. The van der Waals surface area contributed by atoms with Crippen molar-refractivity contribution in [2.24, 2.45) is 0 Å². The minimum Gasteiger partial charge on any atom is -0.460 e. The number of hydrogen-bond acceptors (Lipinski definition) is 3. The molecule has 0 unspecified atom stereocenters. The predicted molar refractivity (Wildman–Crippen MR) is 77.1 cm³/mol. The van der Waals surface area contributed by atoms with Gasteiger partial charge in [0.05, 0.1) is 17.8 Å². The standard InChI is InChI=1S/C15H23N3O/c1-5-9-18-12(4)15(11(3)17-18)14-8-7-13(19-14)10-16-6-2/h7-8,16H,5-6,9-10H2,1-4H3. The smallest absolute Gasteiger partial charge is 0.138 e. The van der Waals surface area contributed by atoms with Gasteiger partial charge in [-0.15, -0.1) is 0 Å². The topological polar surface area (TPSA) is 43.0 Å². The minimum absolute atomic E-state index is 0.775. The molecule has 19 heavy (non-hydrogen) atoms. The van der Waals surface area contributed by atoms with Crippen molar-refractivity contribution in [2.45, 2.75) is 47.2 Å². The van der Waals surface area contributed by atoms with Crippen LogP contribution < -0.4 is 5.32 Å². The van der Waals surface area contributed by atoms with E-state index in [1.165, 1.54) is 5.69 Å². The maximum atomic E-state index is 5.91. The number of hydrogen-bond donors (Lipinski definition) is 1. The van der Waals surface area contributed by atoms with Crippen LogP contribution in [0.5, 0.6) is 0 Å². The first-order chi connectivity index (χ1) is 9.17. The molecule has 104 valence electrons. The van der Waals surface area contributed by atoms with Crippen LogP contribution >= 0.6 is 0 Å². The average molecular weight is 261 g/mol. The molecule has 2 aromatic heterocycles. The highest BCUT2D eigenvalue weighted by atomic mass is 16.3. The molecule has 0 amide bonds. The van der Waals surface area contributed by atoms with Gasteiger partial charge in [0, 0.05) is 12.2 Å². The van der Waals surface area contributed by atoms with E-state index >= 15 is 0 Å². The Morgan fingerprint density at radius 2 is 2.05 bits per heavy atom. The molecule has 0 bridgehead atoms. The maximum absolute atomic E-state index is 5.91. The quantitative estimate of drug-likeness (QED) is 0.867. The van der Waals surface area contributed by atoms with Gasteiger partial charge in [-0.25, -0.2) is 0 Å². The summed E-state index contributed by atoms with van der Waals surface area (Å²) in [7, 11) is 0. The molecule has 0 aliphatic carbocycles. The van der Waals surface area contributed by atoms with Crippen molar-refractivity contribution in [3.8, 4) is 11.3 Å². The van der Waals surface area contributed by atoms with Gasteiger partial charge in [-0.05, 0) is 38.9 Å². The van der Waals surface area contributed by atoms with Gasteiger partial charge in [0.2, 0.25) is 0 Å². The molecule has 0 aliphatic heterocycles. The summed E-state index contributed by atoms with van der Waals surface area (Å²) >= 11 is 0. The fourth-order valence-electron chi connectivity index (χ4n) is 2.34. The van der Waals surface area contributed by atoms with Gasteiger partial charge in [-0.2, -0.15) is 5.10 Å². The zero-order chi connectivity index (χ0) is 13.8. The van der Waals surface area contributed by atoms with Crippen molar-refractivity contribution in [2.75, 3.05) is 6.54 Å². The van der Waals surface area contributed by atoms with E-state index in [0.29, 0.717) is 0 Å². The number of aromatic nitrogens is 2. The summed E-state index contributed by atoms with van der Waals surface area (Å²) in [4.78, 5) is 0. The zero-order valence-corrected chi connectivity index (χ0v) is 12.3. The van der Waals surface area contributed by atoms with E-state index < -0.39 is 0 Å². The molecular weight excluding hydrogens is 238 g/mol. The first-order valence-electron chi connectivity index (χ1n) is 7.01. The first-order valence-corrected chi connectivity index (χ1v) is 7.01. The molecule has 1 N–H and O–H groups in total. The summed E-state index contributed by atoms with van der Waals surface area (Å²) in [6.07, 6.45) is 1.09. The normalized spacial score (nSPS) is 11.2. The molecule has 4 nitrogen and oxygen atoms in total. The second kappa shape index (κ2) is 6.06. The van der Waals surface area contributed by atoms with Crippen molar-refractivity contribution in [3.05, 3.63) is 29.3 Å². The minimum atomic E-state index is 0.775. The zero-order valence-electron chi connectivity index (χ0n) is 12.3. The van der Waals surface area contributed by atoms with Crippen LogP contribution in [0.25, 0.3) is 11.3 Å². The van der Waals surface area contributed by atoms with Gasteiger partial charge < -0.3 is 9.73 Å². The summed E-state index contributed by atoms with van der Waals surface area (Å²) < 4.78 is 7.98. The molecule has 2 rings (SSSR count). The Kier molecular flexibility index (Phi) is 4.43. The van der Waals surface area contributed by atoms with Crippen molar-refractivity contribution < 1.29 is 4.42 Å². The lowest BCUT2D eigenvalue weighted by atomic mass is 10.1. The van der Waals surface area contributed by atoms with Gasteiger partial charge in [-0.1, -0.05) is 13.8 Å². The molecule has 0 aromatic carbocycles. The van der Waals surface area contributed by atoms with Gasteiger partial charge in [-0.3, -0.25) is 4.68 Å². The lowest BCUT2D eigenvalue weighted by Gasteiger charge is -2.02. The van der Waals surface area contributed by atoms with Crippen LogP contribution in [-0.2, 0) is 13.1 Å². The van der Waals surface area contributed by atoms with Gasteiger partial charge in [0.1, 0.15) is 11.5 Å². The van der Waals surface area contributed by atoms with Crippen LogP contribution in [0.1, 0.15) is 37.4 Å². The second-order valence-corrected chi connectivity index (χ2v) is 4.82. The van der Waals surface area contributed by atoms with Crippen LogP contribution in [0.2, 0.25) is 0 Å². The molecule has 0 aliphatic rings. The van der Waals surface area contributed by atoms with Gasteiger partial charge in [0.15, 0.2) is 0 Å². The van der Waals surface area contributed by atoms with Crippen LogP contribution in [0.15, 0.2) is 16.5 Å². The molecule has 0 saturated heterocycles. The monoisotopic (exact) mass is 261 g/mol. The van der Waals surface area contributed by atoms with E-state index in [-0.39, 0.29) is 0 Å². The first kappa shape index (κ1) is 13.9. The van der Waals surface area contributed by atoms with E-state index in [4.69, 9.17) is 4.42 Å². The lowest BCUT2D eigenvalue weighted by molar-refractivity contribution is 0.498. The fraction of sp³-hybridized carbons (Fsp3) is 0.533. The maximum Gasteiger partial charge on any atom is 0.138 e. The highest BCUT2D eigenvalue weighted by molar-refractivity contribution is 5.63. The lowest BCUT2D eigenvalue weighted by Crippen LogP contribution is -2.10. The second-order valence-electron chi connectivity index (χ2n) is 4.82. The summed E-state index contributed by atoms with van der Waals surface area (Å²) in [5.74, 6) is 1.89. The molecule has 0 saturated carbocycles. The van der Waals surface area contributed by atoms with E-state index in [9.17, 15) is 0 Å². The van der Waals surface area contributed by atoms with Crippen LogP contribution in [0.4, 0.5) is 0 Å². The number of furan rings is 1. The molecule has 0 fully saturated rings. The molecule has 4 heteroatoms. The highest BCUT2D eigenvalue weighted by Gasteiger charge is 2.16. The van der Waals surface area contributed by atoms with E-state index in [2.05, 4.69) is 35.9 Å². The van der Waals surface area contributed by atoms with Crippen LogP contribution in [0.3, 0.4) is 0 Å². The van der Waals surface area contributed by atoms with Crippen molar-refractivity contribution >= 4 is 0 Å². The van der Waals surface area contributed by atoms with Crippen molar-refractivity contribution in [1.82, 2.24) is 15.1 Å². The van der Waals surface area contributed by atoms with Crippen LogP contribution in [-0.4, -0.2) is 16.3 Å². The van der Waals surface area contributed by atoms with Crippen molar-refractivity contribution in [1.29, 1.82) is 0 Å². The third-order valence-electron chi connectivity index (χ3n) is 3.27. The Labute approximate surface area is 114 Å². The van der Waals surface area contributed by atoms with Gasteiger partial charge >= 0.3 is 0 Å². The Morgan fingerprint density at radius 1 is 1.26 bits per heavy atom. The molecule has 2 heterocycles. The molecule has 0 spiro atoms. The third-order valence-corrected chi connectivity index (χ3v) is 3.27. The van der Waals surface area contributed by atoms with Gasteiger partial charge in [0.25, 0.3) is 0 Å². The van der Waals surface area contributed by atoms with E-state index in [1.807, 2.05) is 19.1 Å². The van der Waals surface area contributed by atoms with Crippen LogP contribution in [0, 0.1) is 13.8 Å². The predicted octanol–water partition coefficient (Wildman–Crippen LogP) is 3.28. The number of nitrogens with one attached hydrogen (secondary N) is 1. The Balaban J connectivity index is 2.28. The molecule has 0 atom stereocenters. The highest BCUT2D eigenvalue weighted by Crippen LogP contribution is 2.28. The summed E-state index contributed by atoms with van der Waals surface area (Å²) in [6.45, 7) is 11.1. The Morgan fingerprint density at radius 3 is 2.74 bits per heavy atom. The van der Waals surface area contributed by atoms with E-state index in [1.54, 1.807) is 0 Å². The largest absolute Gasteiger partial charge is 0.460 e. The number of rotatable bonds is 6. The summed E-state index contributed by atoms with van der Waals surface area (Å²) in [5.41, 5.74) is 3.36. The summed E-state index contributed by atoms with van der Waals surface area (Å²) in [5, 5.41) is 7.86. The number of aryl methyl sites for hydroxylation is 2. The van der Waals surface area contributed by atoms with E-state index in [0.717, 1.165) is 48.8 Å². The SMILES string of the molecule is CCCn1nc(C)c(-c2ccc(CNCC)o2)c1C. The molecular formula is C15H23N3O. The average Bonchev–Trinajstić information content (AvgIpc) is 2.93. The summed E-state index contributed by atoms with van der Waals surface area (Å²) in [6, 6.07) is 4.08. The van der Waals surface area contributed by atoms with Crippen molar-refractivity contribution in [3.63, 3.8) is 0 Å². The third kappa shape index (κ3) is 2.89. The Bertz CT molecular complexity index is 540. The Hall–Kier alpha value is -1.55. The molecule has 0 radical (unpaired) electrons.